The van der Waals surface area contributed by atoms with Gasteiger partial charge in [0, 0.05) is 24.0 Å². The summed E-state index contributed by atoms with van der Waals surface area (Å²) < 4.78 is 0. The van der Waals surface area contributed by atoms with E-state index in [1.54, 1.807) is 31.3 Å². The number of benzene rings is 3. The zero-order valence-electron chi connectivity index (χ0n) is 13.9. The highest BCUT2D eigenvalue weighted by molar-refractivity contribution is 5.98. The molecule has 0 heterocycles. The highest BCUT2D eigenvalue weighted by Crippen LogP contribution is 2.18. The topological polar surface area (TPSA) is 70.2 Å². The molecule has 0 fully saturated rings. The summed E-state index contributed by atoms with van der Waals surface area (Å²) >= 11 is 0. The molecule has 0 atom stereocenters. The van der Waals surface area contributed by atoms with E-state index in [1.807, 2.05) is 42.5 Å². The first-order chi connectivity index (χ1) is 12.2. The van der Waals surface area contributed by atoms with Gasteiger partial charge in [0.05, 0.1) is 6.54 Å². The van der Waals surface area contributed by atoms with Crippen LogP contribution in [-0.2, 0) is 4.79 Å². The molecule has 0 bridgehead atoms. The van der Waals surface area contributed by atoms with Crippen molar-refractivity contribution in [2.75, 3.05) is 24.2 Å². The van der Waals surface area contributed by atoms with Gasteiger partial charge in [-0.05, 0) is 41.1 Å². The second-order valence-corrected chi connectivity index (χ2v) is 5.62. The smallest absolute Gasteiger partial charge is 0.251 e. The zero-order chi connectivity index (χ0) is 17.6. The lowest BCUT2D eigenvalue weighted by Gasteiger charge is -2.09. The van der Waals surface area contributed by atoms with Crippen LogP contribution < -0.4 is 16.0 Å². The number of carbonyl (C=O) groups excluding carboxylic acids is 2. The summed E-state index contributed by atoms with van der Waals surface area (Å²) in [6, 6.07) is 20.9. The molecule has 0 saturated heterocycles. The van der Waals surface area contributed by atoms with Gasteiger partial charge in [-0.25, -0.2) is 0 Å². The summed E-state index contributed by atoms with van der Waals surface area (Å²) in [5, 5.41) is 10.7. The zero-order valence-corrected chi connectivity index (χ0v) is 13.9. The lowest BCUT2D eigenvalue weighted by atomic mass is 10.1. The van der Waals surface area contributed by atoms with E-state index >= 15 is 0 Å². The van der Waals surface area contributed by atoms with E-state index in [0.29, 0.717) is 11.3 Å². The average Bonchev–Trinajstić information content (AvgIpc) is 2.65. The third kappa shape index (κ3) is 4.14. The van der Waals surface area contributed by atoms with E-state index in [1.165, 1.54) is 0 Å². The third-order valence-corrected chi connectivity index (χ3v) is 3.84. The van der Waals surface area contributed by atoms with Crippen LogP contribution in [0.1, 0.15) is 10.4 Å². The Morgan fingerprint density at radius 1 is 0.840 bits per heavy atom. The van der Waals surface area contributed by atoms with Gasteiger partial charge in [-0.1, -0.05) is 36.4 Å². The minimum Gasteiger partial charge on any atom is -0.376 e. The number of nitrogens with one attached hydrogen (secondary N) is 3. The average molecular weight is 333 g/mol. The Morgan fingerprint density at radius 2 is 1.64 bits per heavy atom. The van der Waals surface area contributed by atoms with Crippen molar-refractivity contribution in [1.29, 1.82) is 0 Å². The van der Waals surface area contributed by atoms with E-state index < -0.39 is 0 Å². The SMILES string of the molecule is CNC(=O)c1cccc(NC(=O)CNc2ccc3ccccc3c2)c1. The number of fused-ring (bicyclic) bond motifs is 1. The molecule has 0 aliphatic carbocycles. The molecular weight excluding hydrogens is 314 g/mol. The Labute approximate surface area is 146 Å². The van der Waals surface area contributed by atoms with Crippen LogP contribution in [-0.4, -0.2) is 25.4 Å². The molecule has 3 aromatic carbocycles. The maximum atomic E-state index is 12.1. The van der Waals surface area contributed by atoms with Gasteiger partial charge in [0.15, 0.2) is 0 Å². The van der Waals surface area contributed by atoms with E-state index in [2.05, 4.69) is 16.0 Å². The molecule has 3 aromatic rings. The predicted octanol–water partition coefficient (Wildman–Crippen LogP) is 3.25. The summed E-state index contributed by atoms with van der Waals surface area (Å²) in [6.07, 6.45) is 0. The fourth-order valence-electron chi connectivity index (χ4n) is 2.57. The molecule has 3 rings (SSSR count). The van der Waals surface area contributed by atoms with Gasteiger partial charge < -0.3 is 16.0 Å². The molecule has 0 aliphatic rings. The minimum absolute atomic E-state index is 0.141. The maximum absolute atomic E-state index is 12.1. The summed E-state index contributed by atoms with van der Waals surface area (Å²) in [6.45, 7) is 0.141. The normalized spacial score (nSPS) is 10.3. The van der Waals surface area contributed by atoms with Gasteiger partial charge in [0.1, 0.15) is 0 Å². The molecule has 0 saturated carbocycles. The number of hydrogen-bond donors (Lipinski definition) is 3. The van der Waals surface area contributed by atoms with Gasteiger partial charge in [-0.15, -0.1) is 0 Å². The van der Waals surface area contributed by atoms with Gasteiger partial charge in [0.25, 0.3) is 5.91 Å². The van der Waals surface area contributed by atoms with Crippen molar-refractivity contribution in [3.05, 3.63) is 72.3 Å². The van der Waals surface area contributed by atoms with E-state index in [-0.39, 0.29) is 18.4 Å². The molecule has 126 valence electrons. The quantitative estimate of drug-likeness (QED) is 0.671. The standard InChI is InChI=1S/C20H19N3O2/c1-21-20(25)16-7-4-8-18(12-16)23-19(24)13-22-17-10-9-14-5-2-3-6-15(14)11-17/h2-12,22H,13H2,1H3,(H,21,25)(H,23,24). The molecule has 0 radical (unpaired) electrons. The van der Waals surface area contributed by atoms with E-state index in [0.717, 1.165) is 16.5 Å². The second kappa shape index (κ2) is 7.49. The molecule has 5 heteroatoms. The Bertz CT molecular complexity index is 921. The lowest BCUT2D eigenvalue weighted by Crippen LogP contribution is -2.22. The molecule has 0 unspecified atom stereocenters. The number of carbonyl (C=O) groups is 2. The van der Waals surface area contributed by atoms with E-state index in [9.17, 15) is 9.59 Å². The second-order valence-electron chi connectivity index (χ2n) is 5.62. The largest absolute Gasteiger partial charge is 0.376 e. The molecule has 0 aliphatic heterocycles. The Hall–Kier alpha value is -3.34. The number of anilines is 2. The van der Waals surface area contributed by atoms with Crippen molar-refractivity contribution < 1.29 is 9.59 Å². The fraction of sp³-hybridized carbons (Fsp3) is 0.100. The van der Waals surface area contributed by atoms with E-state index in [4.69, 9.17) is 0 Å². The molecule has 0 aromatic heterocycles. The Morgan fingerprint density at radius 3 is 2.44 bits per heavy atom. The third-order valence-electron chi connectivity index (χ3n) is 3.84. The van der Waals surface area contributed by atoms with Gasteiger partial charge >= 0.3 is 0 Å². The lowest BCUT2D eigenvalue weighted by molar-refractivity contribution is -0.114. The first-order valence-electron chi connectivity index (χ1n) is 8.00. The summed E-state index contributed by atoms with van der Waals surface area (Å²) in [5.41, 5.74) is 1.97. The van der Waals surface area contributed by atoms with Crippen molar-refractivity contribution in [3.8, 4) is 0 Å². The number of rotatable bonds is 5. The van der Waals surface area contributed by atoms with Gasteiger partial charge in [-0.2, -0.15) is 0 Å². The van der Waals surface area contributed by atoms with Crippen molar-refractivity contribution >= 4 is 34.0 Å². The number of amides is 2. The van der Waals surface area contributed by atoms with Crippen LogP contribution in [0.15, 0.2) is 66.7 Å². The molecule has 0 spiro atoms. The maximum Gasteiger partial charge on any atom is 0.251 e. The van der Waals surface area contributed by atoms with Crippen LogP contribution in [0.2, 0.25) is 0 Å². The van der Waals surface area contributed by atoms with Crippen molar-refractivity contribution in [2.45, 2.75) is 0 Å². The Kier molecular flexibility index (Phi) is 4.95. The van der Waals surface area contributed by atoms with Crippen molar-refractivity contribution in [2.24, 2.45) is 0 Å². The summed E-state index contributed by atoms with van der Waals surface area (Å²) in [7, 11) is 1.57. The van der Waals surface area contributed by atoms with Gasteiger partial charge in [-0.3, -0.25) is 9.59 Å². The van der Waals surface area contributed by atoms with Crippen LogP contribution in [0.25, 0.3) is 10.8 Å². The fourth-order valence-corrected chi connectivity index (χ4v) is 2.57. The molecule has 5 nitrogen and oxygen atoms in total. The van der Waals surface area contributed by atoms with Crippen LogP contribution in [0.4, 0.5) is 11.4 Å². The first-order valence-corrected chi connectivity index (χ1v) is 8.00. The highest BCUT2D eigenvalue weighted by atomic mass is 16.2. The predicted molar refractivity (Wildman–Crippen MR) is 101 cm³/mol. The van der Waals surface area contributed by atoms with Crippen LogP contribution in [0, 0.1) is 0 Å². The summed E-state index contributed by atoms with van der Waals surface area (Å²) in [5.74, 6) is -0.368. The first kappa shape index (κ1) is 16.5. The summed E-state index contributed by atoms with van der Waals surface area (Å²) in [4.78, 5) is 23.8. The Balaban J connectivity index is 1.61. The van der Waals surface area contributed by atoms with Crippen LogP contribution in [0.5, 0.6) is 0 Å². The molecule has 2 amide bonds. The van der Waals surface area contributed by atoms with Crippen LogP contribution >= 0.6 is 0 Å². The van der Waals surface area contributed by atoms with Crippen molar-refractivity contribution in [1.82, 2.24) is 5.32 Å². The van der Waals surface area contributed by atoms with Crippen molar-refractivity contribution in [3.63, 3.8) is 0 Å². The van der Waals surface area contributed by atoms with Gasteiger partial charge in [0.2, 0.25) is 5.91 Å². The number of hydrogen-bond acceptors (Lipinski definition) is 3. The van der Waals surface area contributed by atoms with Crippen LogP contribution in [0.3, 0.4) is 0 Å². The minimum atomic E-state index is -0.189. The molecule has 3 N–H and O–H groups in total. The molecule has 25 heavy (non-hydrogen) atoms. The molecular formula is C20H19N3O2. The highest BCUT2D eigenvalue weighted by Gasteiger charge is 2.06. The monoisotopic (exact) mass is 333 g/mol.